The molecule has 3 aromatic rings. The normalized spacial score (nSPS) is 10.5. The molecule has 3 N–H and O–H groups in total. The summed E-state index contributed by atoms with van der Waals surface area (Å²) in [6.07, 6.45) is 1.28. The first-order valence-corrected chi connectivity index (χ1v) is 8.43. The molecule has 0 bridgehead atoms. The SMILES string of the molecule is COc1ccc(F)cc1-c1cc(NC(=O)COCc2ccc(N)cc2)ncn1. The summed E-state index contributed by atoms with van der Waals surface area (Å²) < 4.78 is 24.2. The molecule has 2 aromatic carbocycles. The Hall–Kier alpha value is -3.52. The molecule has 0 aliphatic heterocycles. The van der Waals surface area contributed by atoms with Crippen LogP contribution in [0.4, 0.5) is 15.9 Å². The van der Waals surface area contributed by atoms with E-state index in [0.29, 0.717) is 22.7 Å². The molecule has 8 heteroatoms. The van der Waals surface area contributed by atoms with Gasteiger partial charge in [0.05, 0.1) is 19.4 Å². The molecule has 0 spiro atoms. The second kappa shape index (κ2) is 8.92. The number of benzene rings is 2. The van der Waals surface area contributed by atoms with Crippen LogP contribution in [0.2, 0.25) is 0 Å². The van der Waals surface area contributed by atoms with Crippen LogP contribution in [0.15, 0.2) is 54.9 Å². The van der Waals surface area contributed by atoms with Crippen LogP contribution >= 0.6 is 0 Å². The zero-order valence-electron chi connectivity index (χ0n) is 15.2. The van der Waals surface area contributed by atoms with Crippen LogP contribution in [-0.4, -0.2) is 29.6 Å². The van der Waals surface area contributed by atoms with E-state index in [9.17, 15) is 9.18 Å². The highest BCUT2D eigenvalue weighted by Gasteiger charge is 2.11. The maximum Gasteiger partial charge on any atom is 0.251 e. The predicted octanol–water partition coefficient (Wildman–Crippen LogP) is 3.03. The minimum atomic E-state index is -0.420. The molecule has 144 valence electrons. The molecular weight excluding hydrogens is 363 g/mol. The van der Waals surface area contributed by atoms with Crippen molar-refractivity contribution in [2.24, 2.45) is 0 Å². The third kappa shape index (κ3) is 5.01. The van der Waals surface area contributed by atoms with E-state index in [1.807, 2.05) is 12.1 Å². The van der Waals surface area contributed by atoms with Crippen molar-refractivity contribution in [2.75, 3.05) is 24.8 Å². The number of carbonyl (C=O) groups excluding carboxylic acids is 1. The second-order valence-corrected chi connectivity index (χ2v) is 5.92. The van der Waals surface area contributed by atoms with E-state index >= 15 is 0 Å². The molecule has 1 aromatic heterocycles. The van der Waals surface area contributed by atoms with Crippen molar-refractivity contribution in [1.82, 2.24) is 9.97 Å². The van der Waals surface area contributed by atoms with Gasteiger partial charge in [-0.25, -0.2) is 14.4 Å². The first-order valence-electron chi connectivity index (χ1n) is 8.43. The van der Waals surface area contributed by atoms with Crippen molar-refractivity contribution in [2.45, 2.75) is 6.61 Å². The van der Waals surface area contributed by atoms with Crippen LogP contribution in [0.3, 0.4) is 0 Å². The van der Waals surface area contributed by atoms with Crippen molar-refractivity contribution < 1.29 is 18.7 Å². The highest BCUT2D eigenvalue weighted by Crippen LogP contribution is 2.29. The number of nitrogens with zero attached hydrogens (tertiary/aromatic N) is 2. The molecule has 0 fully saturated rings. The molecule has 0 unspecified atom stereocenters. The minimum absolute atomic E-state index is 0.146. The van der Waals surface area contributed by atoms with Crippen molar-refractivity contribution in [3.8, 4) is 17.0 Å². The van der Waals surface area contributed by atoms with E-state index in [0.717, 1.165) is 5.56 Å². The average Bonchev–Trinajstić information content (AvgIpc) is 2.69. The number of rotatable bonds is 7. The van der Waals surface area contributed by atoms with E-state index in [1.165, 1.54) is 37.7 Å². The lowest BCUT2D eigenvalue weighted by Crippen LogP contribution is -2.19. The predicted molar refractivity (Wildman–Crippen MR) is 103 cm³/mol. The fraction of sp³-hybridized carbons (Fsp3) is 0.150. The van der Waals surface area contributed by atoms with Gasteiger partial charge in [-0.05, 0) is 35.9 Å². The third-order valence-corrected chi connectivity index (χ3v) is 3.85. The van der Waals surface area contributed by atoms with E-state index in [1.54, 1.807) is 12.1 Å². The van der Waals surface area contributed by atoms with Gasteiger partial charge in [0.25, 0.3) is 5.91 Å². The number of ether oxygens (including phenoxy) is 2. The highest BCUT2D eigenvalue weighted by molar-refractivity contribution is 5.91. The van der Waals surface area contributed by atoms with Gasteiger partial charge in [0.2, 0.25) is 0 Å². The molecule has 0 radical (unpaired) electrons. The number of anilines is 2. The smallest absolute Gasteiger partial charge is 0.251 e. The fourth-order valence-corrected chi connectivity index (χ4v) is 2.51. The Kier molecular flexibility index (Phi) is 6.13. The summed E-state index contributed by atoms with van der Waals surface area (Å²) in [6.45, 7) is 0.135. The molecule has 0 saturated carbocycles. The number of carbonyl (C=O) groups is 1. The minimum Gasteiger partial charge on any atom is -0.496 e. The lowest BCUT2D eigenvalue weighted by molar-refractivity contribution is -0.121. The van der Waals surface area contributed by atoms with Crippen LogP contribution < -0.4 is 15.8 Å². The topological polar surface area (TPSA) is 99.4 Å². The largest absolute Gasteiger partial charge is 0.496 e. The molecule has 1 amide bonds. The molecule has 3 rings (SSSR count). The van der Waals surface area contributed by atoms with Crippen molar-refractivity contribution in [3.63, 3.8) is 0 Å². The number of hydrogen-bond donors (Lipinski definition) is 2. The maximum atomic E-state index is 13.6. The molecule has 1 heterocycles. The summed E-state index contributed by atoms with van der Waals surface area (Å²) in [5.41, 5.74) is 8.07. The summed E-state index contributed by atoms with van der Waals surface area (Å²) in [5.74, 6) is -0.0519. The summed E-state index contributed by atoms with van der Waals surface area (Å²) >= 11 is 0. The lowest BCUT2D eigenvalue weighted by atomic mass is 10.1. The van der Waals surface area contributed by atoms with Gasteiger partial charge in [0, 0.05) is 17.3 Å². The van der Waals surface area contributed by atoms with Crippen LogP contribution in [0, 0.1) is 5.82 Å². The zero-order valence-corrected chi connectivity index (χ0v) is 15.2. The third-order valence-electron chi connectivity index (χ3n) is 3.85. The molecule has 7 nitrogen and oxygen atoms in total. The van der Waals surface area contributed by atoms with Crippen molar-refractivity contribution >= 4 is 17.4 Å². The lowest BCUT2D eigenvalue weighted by Gasteiger charge is -2.10. The molecule has 0 aliphatic carbocycles. The van der Waals surface area contributed by atoms with E-state index in [-0.39, 0.29) is 24.9 Å². The molecular formula is C20H19FN4O3. The molecule has 0 aliphatic rings. The molecule has 0 atom stereocenters. The molecule has 28 heavy (non-hydrogen) atoms. The quantitative estimate of drug-likeness (QED) is 0.610. The van der Waals surface area contributed by atoms with Gasteiger partial charge < -0.3 is 20.5 Å². The highest BCUT2D eigenvalue weighted by atomic mass is 19.1. The monoisotopic (exact) mass is 382 g/mol. The number of methoxy groups -OCH3 is 1. The Morgan fingerprint density at radius 3 is 2.68 bits per heavy atom. The van der Waals surface area contributed by atoms with Gasteiger partial charge >= 0.3 is 0 Å². The van der Waals surface area contributed by atoms with Gasteiger partial charge in [0.15, 0.2) is 0 Å². The summed E-state index contributed by atoms with van der Waals surface area (Å²) in [5, 5.41) is 2.63. The van der Waals surface area contributed by atoms with Gasteiger partial charge in [-0.15, -0.1) is 0 Å². The number of amides is 1. The summed E-state index contributed by atoms with van der Waals surface area (Å²) in [4.78, 5) is 20.2. The van der Waals surface area contributed by atoms with Crippen LogP contribution in [0.1, 0.15) is 5.56 Å². The van der Waals surface area contributed by atoms with Crippen molar-refractivity contribution in [3.05, 3.63) is 66.2 Å². The Morgan fingerprint density at radius 1 is 1.14 bits per heavy atom. The second-order valence-electron chi connectivity index (χ2n) is 5.92. The number of halogens is 1. The van der Waals surface area contributed by atoms with Gasteiger partial charge in [0.1, 0.15) is 30.3 Å². The Morgan fingerprint density at radius 2 is 1.93 bits per heavy atom. The van der Waals surface area contributed by atoms with Crippen molar-refractivity contribution in [1.29, 1.82) is 0 Å². The Labute approximate surface area is 161 Å². The standard InChI is InChI=1S/C20H19FN4O3/c1-27-18-7-4-14(21)8-16(18)17-9-19(24-12-23-17)25-20(26)11-28-10-13-2-5-15(22)6-3-13/h2-9,12H,10-11,22H2,1H3,(H,23,24,25,26). The van der Waals surface area contributed by atoms with Gasteiger partial charge in [-0.1, -0.05) is 12.1 Å². The summed E-state index contributed by atoms with van der Waals surface area (Å²) in [7, 11) is 1.49. The van der Waals surface area contributed by atoms with E-state index < -0.39 is 5.82 Å². The molecule has 0 saturated heterocycles. The number of nitrogens with one attached hydrogen (secondary N) is 1. The zero-order chi connectivity index (χ0) is 19.9. The maximum absolute atomic E-state index is 13.6. The first-order chi connectivity index (χ1) is 13.5. The summed E-state index contributed by atoms with van der Waals surface area (Å²) in [6, 6.07) is 12.8. The number of hydrogen-bond acceptors (Lipinski definition) is 6. The van der Waals surface area contributed by atoms with E-state index in [2.05, 4.69) is 15.3 Å². The van der Waals surface area contributed by atoms with Crippen LogP contribution in [0.25, 0.3) is 11.3 Å². The number of aromatic nitrogens is 2. The Balaban J connectivity index is 1.62. The number of nitrogens with two attached hydrogens (primary N) is 1. The van der Waals surface area contributed by atoms with E-state index in [4.69, 9.17) is 15.2 Å². The average molecular weight is 382 g/mol. The van der Waals surface area contributed by atoms with Crippen LogP contribution in [-0.2, 0) is 16.1 Å². The number of nitrogen functional groups attached to an aromatic ring is 1. The van der Waals surface area contributed by atoms with Crippen LogP contribution in [0.5, 0.6) is 5.75 Å². The fourth-order valence-electron chi connectivity index (χ4n) is 2.51. The van der Waals surface area contributed by atoms with Gasteiger partial charge in [-0.2, -0.15) is 0 Å². The first kappa shape index (κ1) is 19.2. The Bertz CT molecular complexity index is 964. The van der Waals surface area contributed by atoms with Gasteiger partial charge in [-0.3, -0.25) is 4.79 Å².